The Kier molecular flexibility index (Phi) is 160. The number of nitrogens with two attached hydrogens (primary N) is 6. The molecule has 0 fully saturated rings. The van der Waals surface area contributed by atoms with E-state index in [0.717, 1.165) is 16.0 Å². The normalized spacial score (nSPS) is 6.98. The van der Waals surface area contributed by atoms with Crippen LogP contribution in [-0.2, 0) is 69.8 Å². The summed E-state index contributed by atoms with van der Waals surface area (Å²) >= 11 is -9.56. The minimum absolute atomic E-state index is 0. The number of nitrogens with zero attached hydrogens (tertiary/aromatic N) is 3. The summed E-state index contributed by atoms with van der Waals surface area (Å²) in [5.41, 5.74) is 0.567. The quantitative estimate of drug-likeness (QED) is 0.0687. The van der Waals surface area contributed by atoms with Gasteiger partial charge in [0.05, 0.1) is 6.61 Å². The van der Waals surface area contributed by atoms with E-state index in [9.17, 15) is 0 Å². The molecule has 31 nitrogen and oxygen atoms in total. The Balaban J connectivity index is -0.0000000232. The van der Waals surface area contributed by atoms with Crippen LogP contribution in [0.3, 0.4) is 0 Å². The molecule has 0 amide bonds. The molecule has 0 atom stereocenters. The predicted octanol–water partition coefficient (Wildman–Crippen LogP) is 0.611. The third-order valence-electron chi connectivity index (χ3n) is 2.93. The summed E-state index contributed by atoms with van der Waals surface area (Å²) in [5, 5.41) is 79.2. The van der Waals surface area contributed by atoms with Crippen LogP contribution in [0.1, 0.15) is 5.56 Å². The molecular weight excluding hydrogens is 1520 g/mol. The molecule has 3 aromatic rings. The van der Waals surface area contributed by atoms with E-state index in [0.29, 0.717) is 5.56 Å². The molecule has 29 N–H and O–H groups in total. The molecule has 0 saturated heterocycles. The Labute approximate surface area is 376 Å². The van der Waals surface area contributed by atoms with Crippen LogP contribution in [0.25, 0.3) is 36.9 Å². The van der Waals surface area contributed by atoms with Crippen molar-refractivity contribution in [3.8, 4) is 28.7 Å². The Morgan fingerprint density at radius 1 is 0.464 bits per heavy atom. The Morgan fingerprint density at radius 3 is 0.679 bits per heavy atom. The number of aliphatic hydroxyl groups is 1. The van der Waals surface area contributed by atoms with Crippen LogP contribution < -0.4 is 0 Å². The van der Waals surface area contributed by atoms with Crippen molar-refractivity contribution in [3.63, 3.8) is 0 Å². The average molecular weight is 1570 g/mol. The van der Waals surface area contributed by atoms with E-state index >= 15 is 0 Å². The fourth-order valence-corrected chi connectivity index (χ4v) is 1.57. The van der Waals surface area contributed by atoms with Crippen LogP contribution in [0.15, 0.2) is 88.8 Å². The second kappa shape index (κ2) is 85.1. The van der Waals surface area contributed by atoms with E-state index in [1.807, 2.05) is 0 Å². The molecule has 0 aromatic heterocycles. The fourth-order valence-electron chi connectivity index (χ4n) is 1.57. The van der Waals surface area contributed by atoms with Gasteiger partial charge in [0.15, 0.2) is 23.0 Å². The summed E-state index contributed by atoms with van der Waals surface area (Å²) in [6, 6.07) is 19.0. The predicted molar refractivity (Wildman–Crippen MR) is 196 cm³/mol. The molecule has 0 unspecified atom stereocenters. The van der Waals surface area contributed by atoms with Gasteiger partial charge in [0.25, 0.3) is 0 Å². The zero-order chi connectivity index (χ0) is 37.5. The van der Waals surface area contributed by atoms with Gasteiger partial charge in [-0.15, -0.1) is 16.0 Å². The number of aliphatic hydroxyl groups excluding tert-OH is 1. The number of hydrogen-bond donors (Lipinski definition) is 15. The van der Waals surface area contributed by atoms with Gasteiger partial charge in [0.1, 0.15) is 5.75 Å². The van der Waals surface area contributed by atoms with Crippen molar-refractivity contribution in [3.05, 3.63) is 146 Å². The van der Waals surface area contributed by atoms with Crippen LogP contribution in [0.4, 0.5) is 0 Å². The van der Waals surface area contributed by atoms with Gasteiger partial charge in [-0.3, -0.25) is 0 Å². The molecule has 0 radical (unpaired) electrons. The molecule has 56 heavy (non-hydrogen) atoms. The molecule has 0 aliphatic heterocycles. The van der Waals surface area contributed by atoms with Crippen LogP contribution >= 0.6 is 0 Å². The van der Waals surface area contributed by atoms with Crippen LogP contribution in [0.5, 0.6) is 28.7 Å². The molecular formula is C19H45AsN9O22Pt3Se2-3. The summed E-state index contributed by atoms with van der Waals surface area (Å²) in [6.45, 7) is -0.104. The standard InChI is InChI=1S/C7H8O2.2C6H6O2.AsH3O3.3HNO2.6H2N.2H4O3Se.H2O.3Pt/c8-5-6-3-1-2-4-7(6)9;2*7-5-3-1-2-4-6(5)8;2-1(3)4;3*2-1-3;;;;;;;2*1-4(2)3;;;;/h1-4,8-9H,5H2;2*1-4,7-8H;2-4H;3*(H,2,3);6*1H2;2*1-4H;1H2;;;/q;;;;;;;6*-1;;;;3*+2/p-3. The number of hydrogen-bond acceptors (Lipinski definition) is 24. The molecule has 3 rings (SSSR count). The van der Waals surface area contributed by atoms with E-state index in [1.165, 1.54) is 24.3 Å². The van der Waals surface area contributed by atoms with Crippen molar-refractivity contribution >= 4 is 45.5 Å². The molecule has 0 spiro atoms. The monoisotopic (exact) mass is 1570 g/mol. The number of para-hydroxylation sites is 5. The van der Waals surface area contributed by atoms with Crippen molar-refractivity contribution < 1.29 is 137 Å². The van der Waals surface area contributed by atoms with E-state index in [1.54, 1.807) is 48.5 Å². The maximum atomic E-state index is 8.95. The van der Waals surface area contributed by atoms with Crippen LogP contribution in [0.2, 0.25) is 0 Å². The molecule has 348 valence electrons. The second-order valence-corrected chi connectivity index (χ2v) is 9.17. The largest absolute Gasteiger partial charge is 2.00 e. The zero-order valence-electron chi connectivity index (χ0n) is 27.4. The van der Waals surface area contributed by atoms with Gasteiger partial charge < -0.3 is 103 Å². The van der Waals surface area contributed by atoms with Gasteiger partial charge in [-0.25, -0.2) is 0 Å². The zero-order valence-corrected chi connectivity index (χ0v) is 39.8. The first-order chi connectivity index (χ1) is 21.4. The summed E-state index contributed by atoms with van der Waals surface area (Å²) < 4.78 is 65.8. The first-order valence-corrected chi connectivity index (χ1v) is 17.7. The topological polar surface area (TPSA) is 693 Å². The third kappa shape index (κ3) is 124. The second-order valence-electron chi connectivity index (χ2n) is 5.79. The Hall–Kier alpha value is -2.16. The van der Waals surface area contributed by atoms with Crippen LogP contribution in [0, 0.1) is 30.3 Å². The molecule has 0 aliphatic rings. The molecule has 0 heterocycles. The van der Waals surface area contributed by atoms with E-state index < -0.39 is 45.5 Å². The Bertz CT molecular complexity index is 1010. The van der Waals surface area contributed by atoms with Crippen molar-refractivity contribution in [2.24, 2.45) is 16.0 Å². The first-order valence-electron chi connectivity index (χ1n) is 10.2. The summed E-state index contributed by atoms with van der Waals surface area (Å²) in [4.78, 5) is 24.0. The summed E-state index contributed by atoms with van der Waals surface area (Å²) in [5.74, 6) is -0.153. The van der Waals surface area contributed by atoms with Crippen molar-refractivity contribution in [2.75, 3.05) is 0 Å². The molecule has 0 aliphatic carbocycles. The molecule has 3 aromatic carbocycles. The molecule has 0 bridgehead atoms. The first kappa shape index (κ1) is 105. The smallest absolute Gasteiger partial charge is 0.693 e. The average Bonchev–Trinajstić information content (AvgIpc) is 2.94. The summed E-state index contributed by atoms with van der Waals surface area (Å²) in [6.07, 6.45) is 0. The van der Waals surface area contributed by atoms with E-state index in [2.05, 4.69) is 0 Å². The van der Waals surface area contributed by atoms with Gasteiger partial charge >= 0.3 is 146 Å². The number of rotatable bonds is 1. The fraction of sp³-hybridized carbons (Fsp3) is 0.0526. The van der Waals surface area contributed by atoms with Gasteiger partial charge in [0.2, 0.25) is 0 Å². The molecule has 0 saturated carbocycles. The van der Waals surface area contributed by atoms with Gasteiger partial charge in [0, 0.05) is 5.56 Å². The maximum Gasteiger partial charge on any atom is 2.00 e. The number of phenols is 5. The van der Waals surface area contributed by atoms with E-state index in [4.69, 9.17) is 98.4 Å². The number of phenolic OH excluding ortho intramolecular Hbond substituents is 4. The third-order valence-corrected chi connectivity index (χ3v) is 2.93. The maximum absolute atomic E-state index is 8.95. The van der Waals surface area contributed by atoms with Crippen molar-refractivity contribution in [1.82, 2.24) is 0 Å². The van der Waals surface area contributed by atoms with Gasteiger partial charge in [-0.05, 0) is 30.3 Å². The molecule has 37 heteroatoms. The summed E-state index contributed by atoms with van der Waals surface area (Å²) in [7, 11) is 0. The minimum atomic E-state index is -3.19. The minimum Gasteiger partial charge on any atom is -0.693 e. The SMILES string of the molecule is O.O=N[O-].O=N[O-].O=N[O-].OCc1ccccc1O.O[As](O)O.O[SeH](O)O.O[SeH](O)O.Oc1ccccc1O.Oc1ccccc1O.[NH2-].[NH2-].[NH2-].[NH2-].[NH2-].[NH2-].[Pt+2].[Pt+2].[Pt+2]. The van der Waals surface area contributed by atoms with Crippen molar-refractivity contribution in [1.29, 1.82) is 0 Å². The Morgan fingerprint density at radius 2 is 0.589 bits per heavy atom. The van der Waals surface area contributed by atoms with Gasteiger partial charge in [-0.1, -0.05) is 42.5 Å². The van der Waals surface area contributed by atoms with E-state index in [-0.39, 0.29) is 141 Å². The van der Waals surface area contributed by atoms with Crippen molar-refractivity contribution in [2.45, 2.75) is 6.61 Å². The number of benzene rings is 3. The van der Waals surface area contributed by atoms with Gasteiger partial charge in [-0.2, -0.15) is 0 Å². The number of aromatic hydroxyl groups is 5. The van der Waals surface area contributed by atoms with Crippen LogP contribution in [-0.4, -0.2) is 119 Å².